The summed E-state index contributed by atoms with van der Waals surface area (Å²) < 4.78 is 29.4. The van der Waals surface area contributed by atoms with Gasteiger partial charge in [-0.2, -0.15) is 0 Å². The minimum Gasteiger partial charge on any atom is -0.497 e. The van der Waals surface area contributed by atoms with Gasteiger partial charge in [-0.25, -0.2) is 8.42 Å². The molecule has 0 heterocycles. The lowest BCUT2D eigenvalue weighted by Gasteiger charge is -2.09. The highest BCUT2D eigenvalue weighted by Crippen LogP contribution is 2.26. The van der Waals surface area contributed by atoms with Crippen LogP contribution >= 0.6 is 23.2 Å². The van der Waals surface area contributed by atoms with Crippen molar-refractivity contribution in [3.8, 4) is 5.75 Å². The van der Waals surface area contributed by atoms with Gasteiger partial charge in [0.2, 0.25) is 5.91 Å². The van der Waals surface area contributed by atoms with E-state index in [-0.39, 0.29) is 15.6 Å². The zero-order valence-corrected chi connectivity index (χ0v) is 15.1. The van der Waals surface area contributed by atoms with Gasteiger partial charge in [0.1, 0.15) is 11.5 Å². The molecule has 0 unspecified atom stereocenters. The molecule has 24 heavy (non-hydrogen) atoms. The number of carbonyl (C=O) groups excluding carboxylic acids is 1. The molecule has 0 aliphatic carbocycles. The second-order valence-electron chi connectivity index (χ2n) is 5.01. The first-order chi connectivity index (χ1) is 11.3. The molecule has 1 amide bonds. The van der Waals surface area contributed by atoms with Crippen LogP contribution in [0.25, 0.3) is 0 Å². The number of amides is 1. The van der Waals surface area contributed by atoms with Crippen LogP contribution in [0.15, 0.2) is 42.5 Å². The maximum atomic E-state index is 12.2. The molecule has 0 radical (unpaired) electrons. The Hall–Kier alpha value is -1.76. The summed E-state index contributed by atoms with van der Waals surface area (Å²) in [6.07, 6.45) is 0. The molecule has 0 saturated carbocycles. The van der Waals surface area contributed by atoms with Crippen LogP contribution in [0.3, 0.4) is 0 Å². The maximum Gasteiger partial charge on any atom is 0.239 e. The fourth-order valence-electron chi connectivity index (χ4n) is 2.01. The number of hydrogen-bond donors (Lipinski definition) is 1. The Morgan fingerprint density at radius 2 is 1.67 bits per heavy atom. The van der Waals surface area contributed by atoms with Gasteiger partial charge in [-0.05, 0) is 36.4 Å². The number of halogens is 2. The molecular formula is C16H15Cl2NO4S. The number of methoxy groups -OCH3 is 1. The Morgan fingerprint density at radius 3 is 2.21 bits per heavy atom. The predicted octanol–water partition coefficient (Wildman–Crippen LogP) is 3.56. The summed E-state index contributed by atoms with van der Waals surface area (Å²) in [5, 5.41) is 3.03. The molecular weight excluding hydrogens is 373 g/mol. The first-order valence-electron chi connectivity index (χ1n) is 6.88. The van der Waals surface area contributed by atoms with E-state index in [0.717, 1.165) is 0 Å². The molecule has 0 saturated heterocycles. The molecule has 0 aliphatic rings. The van der Waals surface area contributed by atoms with Crippen LogP contribution < -0.4 is 10.1 Å². The highest BCUT2D eigenvalue weighted by Gasteiger charge is 2.20. The van der Waals surface area contributed by atoms with Gasteiger partial charge < -0.3 is 10.1 Å². The highest BCUT2D eigenvalue weighted by molar-refractivity contribution is 7.91. The minimum absolute atomic E-state index is 0.252. The first-order valence-corrected chi connectivity index (χ1v) is 9.45. The van der Waals surface area contributed by atoms with E-state index in [1.165, 1.54) is 7.11 Å². The van der Waals surface area contributed by atoms with E-state index in [1.807, 2.05) is 0 Å². The Balaban J connectivity index is 2.04. The molecule has 0 fully saturated rings. The number of rotatable bonds is 6. The molecule has 5 nitrogen and oxygen atoms in total. The van der Waals surface area contributed by atoms with Crippen molar-refractivity contribution in [2.24, 2.45) is 0 Å². The van der Waals surface area contributed by atoms with Crippen LogP contribution in [0.2, 0.25) is 10.0 Å². The summed E-state index contributed by atoms with van der Waals surface area (Å²) in [7, 11) is -2.19. The van der Waals surface area contributed by atoms with E-state index in [0.29, 0.717) is 11.4 Å². The van der Waals surface area contributed by atoms with Gasteiger partial charge >= 0.3 is 0 Å². The van der Waals surface area contributed by atoms with Crippen molar-refractivity contribution < 1.29 is 17.9 Å². The van der Waals surface area contributed by atoms with Crippen LogP contribution in [-0.2, 0) is 20.4 Å². The third-order valence-corrected chi connectivity index (χ3v) is 5.29. The van der Waals surface area contributed by atoms with Gasteiger partial charge in [-0.1, -0.05) is 29.3 Å². The molecule has 0 spiro atoms. The Morgan fingerprint density at radius 1 is 1.08 bits per heavy atom. The number of carbonyl (C=O) groups is 1. The lowest BCUT2D eigenvalue weighted by Crippen LogP contribution is -2.24. The third-order valence-electron chi connectivity index (χ3n) is 3.15. The number of nitrogens with one attached hydrogen (secondary N) is 1. The molecule has 128 valence electrons. The number of benzene rings is 2. The molecule has 2 rings (SSSR count). The largest absolute Gasteiger partial charge is 0.497 e. The van der Waals surface area contributed by atoms with Crippen molar-refractivity contribution in [2.45, 2.75) is 5.75 Å². The second-order valence-corrected chi connectivity index (χ2v) is 7.89. The molecule has 0 atom stereocenters. The van der Waals surface area contributed by atoms with Crippen LogP contribution in [0.5, 0.6) is 5.75 Å². The summed E-state index contributed by atoms with van der Waals surface area (Å²) >= 11 is 11.9. The maximum absolute atomic E-state index is 12.2. The zero-order chi connectivity index (χ0) is 17.7. The van der Waals surface area contributed by atoms with E-state index in [1.54, 1.807) is 42.5 Å². The van der Waals surface area contributed by atoms with Crippen LogP contribution in [0.4, 0.5) is 5.69 Å². The first kappa shape index (κ1) is 18.6. The fourth-order valence-corrected chi connectivity index (χ4v) is 4.03. The van der Waals surface area contributed by atoms with Crippen molar-refractivity contribution in [2.75, 3.05) is 18.2 Å². The summed E-state index contributed by atoms with van der Waals surface area (Å²) in [6.45, 7) is 0. The van der Waals surface area contributed by atoms with Gasteiger partial charge in [-0.15, -0.1) is 0 Å². The quantitative estimate of drug-likeness (QED) is 0.822. The molecule has 0 aliphatic heterocycles. The van der Waals surface area contributed by atoms with Crippen molar-refractivity contribution in [1.82, 2.24) is 0 Å². The van der Waals surface area contributed by atoms with Gasteiger partial charge in [0.05, 0.1) is 12.9 Å². The van der Waals surface area contributed by atoms with Crippen molar-refractivity contribution in [3.63, 3.8) is 0 Å². The van der Waals surface area contributed by atoms with Crippen LogP contribution in [0, 0.1) is 0 Å². The number of sulfone groups is 1. The average Bonchev–Trinajstić information content (AvgIpc) is 2.51. The topological polar surface area (TPSA) is 72.5 Å². The van der Waals surface area contributed by atoms with Crippen LogP contribution in [-0.4, -0.2) is 27.2 Å². The SMILES string of the molecule is COc1ccc(NC(=O)CS(=O)(=O)Cc2c(Cl)cccc2Cl)cc1. The number of anilines is 1. The number of ether oxygens (including phenoxy) is 1. The Labute approximate surface area is 150 Å². The van der Waals surface area contributed by atoms with Crippen molar-refractivity contribution in [3.05, 3.63) is 58.1 Å². The van der Waals surface area contributed by atoms with Crippen molar-refractivity contribution >= 4 is 44.6 Å². The lowest BCUT2D eigenvalue weighted by molar-refractivity contribution is -0.113. The summed E-state index contributed by atoms with van der Waals surface area (Å²) in [4.78, 5) is 12.0. The molecule has 0 bridgehead atoms. The van der Waals surface area contributed by atoms with Gasteiger partial charge in [0, 0.05) is 21.3 Å². The van der Waals surface area contributed by atoms with E-state index < -0.39 is 27.3 Å². The van der Waals surface area contributed by atoms with Crippen LogP contribution in [0.1, 0.15) is 5.56 Å². The van der Waals surface area contributed by atoms with E-state index >= 15 is 0 Å². The molecule has 1 N–H and O–H groups in total. The van der Waals surface area contributed by atoms with E-state index in [2.05, 4.69) is 5.32 Å². The van der Waals surface area contributed by atoms with E-state index in [4.69, 9.17) is 27.9 Å². The smallest absolute Gasteiger partial charge is 0.239 e. The zero-order valence-electron chi connectivity index (χ0n) is 12.8. The number of hydrogen-bond acceptors (Lipinski definition) is 4. The molecule has 8 heteroatoms. The minimum atomic E-state index is -3.72. The van der Waals surface area contributed by atoms with Gasteiger partial charge in [0.15, 0.2) is 9.84 Å². The molecule has 2 aromatic rings. The monoisotopic (exact) mass is 387 g/mol. The van der Waals surface area contributed by atoms with Gasteiger partial charge in [0.25, 0.3) is 0 Å². The standard InChI is InChI=1S/C16H15Cl2NO4S/c1-23-12-7-5-11(6-8-12)19-16(20)10-24(21,22)9-13-14(17)3-2-4-15(13)18/h2-8H,9-10H2,1H3,(H,19,20). The summed E-state index contributed by atoms with van der Waals surface area (Å²) in [5.74, 6) is -1.07. The molecule has 0 aromatic heterocycles. The highest BCUT2D eigenvalue weighted by atomic mass is 35.5. The summed E-state index contributed by atoms with van der Waals surface area (Å²) in [6, 6.07) is 11.3. The Kier molecular flexibility index (Phi) is 6.10. The lowest BCUT2D eigenvalue weighted by atomic mass is 10.2. The predicted molar refractivity (Wildman–Crippen MR) is 95.6 cm³/mol. The second kappa shape index (κ2) is 7.88. The molecule has 2 aromatic carbocycles. The van der Waals surface area contributed by atoms with Gasteiger partial charge in [-0.3, -0.25) is 4.79 Å². The average molecular weight is 388 g/mol. The Bertz CT molecular complexity index is 815. The van der Waals surface area contributed by atoms with E-state index in [9.17, 15) is 13.2 Å². The fraction of sp³-hybridized carbons (Fsp3) is 0.188. The normalized spacial score (nSPS) is 11.1. The van der Waals surface area contributed by atoms with Crippen molar-refractivity contribution in [1.29, 1.82) is 0 Å². The summed E-state index contributed by atoms with van der Waals surface area (Å²) in [5.41, 5.74) is 0.768. The third kappa shape index (κ3) is 5.12.